The smallest absolute Gasteiger partial charge is 0.352 e. The molecule has 0 saturated carbocycles. The summed E-state index contributed by atoms with van der Waals surface area (Å²) in [6.07, 6.45) is 0. The second-order valence-corrected chi connectivity index (χ2v) is 7.44. The number of hydrogen-bond donors (Lipinski definition) is 0. The minimum Gasteiger partial charge on any atom is -0.497 e. The third kappa shape index (κ3) is 3.45. The first-order valence-electron chi connectivity index (χ1n) is 10.2. The van der Waals surface area contributed by atoms with E-state index in [1.807, 2.05) is 61.5 Å². The standard InChI is InChI=1S/C24H21N5O3/c1-15-21(26-23(32-15)18-7-5-4-6-8-18)14-28-24(30)29-16(2)25-20(13-22(29)27-28)17-9-11-19(31-3)12-10-17/h4-13H,14H2,1-3H3. The number of fused-ring (bicyclic) bond motifs is 1. The summed E-state index contributed by atoms with van der Waals surface area (Å²) in [5.74, 6) is 2.51. The normalized spacial score (nSPS) is 11.2. The van der Waals surface area contributed by atoms with E-state index in [0.29, 0.717) is 28.8 Å². The van der Waals surface area contributed by atoms with E-state index in [0.717, 1.165) is 22.6 Å². The van der Waals surface area contributed by atoms with Crippen LogP contribution in [0, 0.1) is 13.8 Å². The molecule has 0 unspecified atom stereocenters. The molecule has 0 fully saturated rings. The molecule has 8 heteroatoms. The van der Waals surface area contributed by atoms with Crippen LogP contribution >= 0.6 is 0 Å². The lowest BCUT2D eigenvalue weighted by molar-refractivity contribution is 0.415. The molecule has 5 rings (SSSR count). The topological polar surface area (TPSA) is 87.5 Å². The zero-order chi connectivity index (χ0) is 22.2. The first-order chi connectivity index (χ1) is 15.5. The Kier molecular flexibility index (Phi) is 4.82. The molecule has 0 atom stereocenters. The highest BCUT2D eigenvalue weighted by Crippen LogP contribution is 2.23. The van der Waals surface area contributed by atoms with E-state index in [1.165, 1.54) is 9.08 Å². The third-order valence-corrected chi connectivity index (χ3v) is 5.33. The molecule has 8 nitrogen and oxygen atoms in total. The molecule has 2 aromatic carbocycles. The van der Waals surface area contributed by atoms with Gasteiger partial charge in [-0.05, 0) is 50.2 Å². The minimum atomic E-state index is -0.269. The van der Waals surface area contributed by atoms with Crippen LogP contribution in [0.5, 0.6) is 5.75 Å². The van der Waals surface area contributed by atoms with Gasteiger partial charge >= 0.3 is 5.69 Å². The van der Waals surface area contributed by atoms with Crippen LogP contribution in [-0.4, -0.2) is 31.3 Å². The number of aryl methyl sites for hydroxylation is 2. The lowest BCUT2D eigenvalue weighted by atomic mass is 10.1. The largest absolute Gasteiger partial charge is 0.497 e. The average Bonchev–Trinajstić information content (AvgIpc) is 3.34. The number of nitrogens with zero attached hydrogens (tertiary/aromatic N) is 5. The molecule has 0 amide bonds. The molecule has 3 aromatic heterocycles. The van der Waals surface area contributed by atoms with Crippen molar-refractivity contribution in [3.63, 3.8) is 0 Å². The molecule has 0 radical (unpaired) electrons. The summed E-state index contributed by atoms with van der Waals surface area (Å²) in [6, 6.07) is 19.1. The van der Waals surface area contributed by atoms with Gasteiger partial charge in [0.1, 0.15) is 23.0 Å². The lowest BCUT2D eigenvalue weighted by Gasteiger charge is -2.05. The molecule has 0 N–H and O–H groups in total. The van der Waals surface area contributed by atoms with Gasteiger partial charge in [-0.2, -0.15) is 0 Å². The molecule has 3 heterocycles. The van der Waals surface area contributed by atoms with Gasteiger partial charge in [-0.1, -0.05) is 18.2 Å². The van der Waals surface area contributed by atoms with Crippen molar-refractivity contribution < 1.29 is 9.15 Å². The van der Waals surface area contributed by atoms with Crippen molar-refractivity contribution in [1.82, 2.24) is 24.1 Å². The van der Waals surface area contributed by atoms with Crippen LogP contribution in [-0.2, 0) is 6.54 Å². The van der Waals surface area contributed by atoms with E-state index in [-0.39, 0.29) is 12.2 Å². The first-order valence-corrected chi connectivity index (χ1v) is 10.2. The number of ether oxygens (including phenoxy) is 1. The van der Waals surface area contributed by atoms with Crippen molar-refractivity contribution in [2.24, 2.45) is 0 Å². The predicted molar refractivity (Wildman–Crippen MR) is 120 cm³/mol. The highest BCUT2D eigenvalue weighted by atomic mass is 16.5. The van der Waals surface area contributed by atoms with Crippen LogP contribution < -0.4 is 10.4 Å². The molecule has 5 aromatic rings. The molecular weight excluding hydrogens is 406 g/mol. The van der Waals surface area contributed by atoms with Crippen LogP contribution in [0.2, 0.25) is 0 Å². The van der Waals surface area contributed by atoms with Crippen molar-refractivity contribution >= 4 is 5.65 Å². The molecule has 0 bridgehead atoms. The van der Waals surface area contributed by atoms with Crippen LogP contribution in [0.4, 0.5) is 0 Å². The maximum absolute atomic E-state index is 13.0. The Morgan fingerprint density at radius 3 is 2.44 bits per heavy atom. The van der Waals surface area contributed by atoms with Crippen molar-refractivity contribution in [3.05, 3.63) is 88.4 Å². The number of aromatic nitrogens is 5. The number of hydrogen-bond acceptors (Lipinski definition) is 6. The van der Waals surface area contributed by atoms with Gasteiger partial charge in [0.05, 0.1) is 19.3 Å². The van der Waals surface area contributed by atoms with Crippen molar-refractivity contribution in [3.8, 4) is 28.5 Å². The molecule has 32 heavy (non-hydrogen) atoms. The fourth-order valence-corrected chi connectivity index (χ4v) is 3.63. The molecule has 0 aliphatic rings. The fourth-order valence-electron chi connectivity index (χ4n) is 3.63. The summed E-state index contributed by atoms with van der Waals surface area (Å²) in [5.41, 5.74) is 3.45. The van der Waals surface area contributed by atoms with Gasteiger partial charge in [0.2, 0.25) is 5.89 Å². The van der Waals surface area contributed by atoms with Crippen molar-refractivity contribution in [2.75, 3.05) is 7.11 Å². The Labute approximate surface area is 183 Å². The van der Waals surface area contributed by atoms with E-state index in [9.17, 15) is 4.79 Å². The first kappa shape index (κ1) is 19.7. The molecular formula is C24H21N5O3. The Bertz CT molecular complexity index is 1460. The number of rotatable bonds is 5. The van der Waals surface area contributed by atoms with Crippen LogP contribution in [0.15, 0.2) is 69.9 Å². The van der Waals surface area contributed by atoms with Crippen molar-refractivity contribution in [2.45, 2.75) is 20.4 Å². The van der Waals surface area contributed by atoms with Gasteiger partial charge in [-0.25, -0.2) is 23.8 Å². The number of methoxy groups -OCH3 is 1. The van der Waals surface area contributed by atoms with Crippen molar-refractivity contribution in [1.29, 1.82) is 0 Å². The van der Waals surface area contributed by atoms with Crippen LogP contribution in [0.1, 0.15) is 17.3 Å². The lowest BCUT2D eigenvalue weighted by Crippen LogP contribution is -2.23. The molecule has 0 spiro atoms. The summed E-state index contributed by atoms with van der Waals surface area (Å²) < 4.78 is 13.9. The van der Waals surface area contributed by atoms with Gasteiger partial charge in [-0.3, -0.25) is 0 Å². The maximum atomic E-state index is 13.0. The van der Waals surface area contributed by atoms with Gasteiger partial charge in [-0.15, -0.1) is 5.10 Å². The summed E-state index contributed by atoms with van der Waals surface area (Å²) >= 11 is 0. The fraction of sp³-hybridized carbons (Fsp3) is 0.167. The molecule has 160 valence electrons. The van der Waals surface area contributed by atoms with E-state index in [2.05, 4.69) is 15.1 Å². The molecule has 0 aliphatic carbocycles. The highest BCUT2D eigenvalue weighted by molar-refractivity contribution is 5.64. The third-order valence-electron chi connectivity index (χ3n) is 5.33. The summed E-state index contributed by atoms with van der Waals surface area (Å²) in [4.78, 5) is 22.2. The minimum absolute atomic E-state index is 0.208. The van der Waals surface area contributed by atoms with Crippen LogP contribution in [0.25, 0.3) is 28.4 Å². The van der Waals surface area contributed by atoms with E-state index in [4.69, 9.17) is 9.15 Å². The monoisotopic (exact) mass is 427 g/mol. The van der Waals surface area contributed by atoms with Gasteiger partial charge in [0, 0.05) is 17.2 Å². The van der Waals surface area contributed by atoms with Gasteiger partial charge in [0.15, 0.2) is 5.65 Å². The zero-order valence-electron chi connectivity index (χ0n) is 17.9. The summed E-state index contributed by atoms with van der Waals surface area (Å²) in [5, 5.41) is 4.53. The van der Waals surface area contributed by atoms with Gasteiger partial charge in [0.25, 0.3) is 0 Å². The highest BCUT2D eigenvalue weighted by Gasteiger charge is 2.17. The zero-order valence-corrected chi connectivity index (χ0v) is 17.9. The molecule has 0 aliphatic heterocycles. The Morgan fingerprint density at radius 1 is 0.969 bits per heavy atom. The quantitative estimate of drug-likeness (QED) is 0.423. The summed E-state index contributed by atoms with van der Waals surface area (Å²) in [7, 11) is 1.63. The maximum Gasteiger partial charge on any atom is 0.352 e. The van der Waals surface area contributed by atoms with E-state index < -0.39 is 0 Å². The summed E-state index contributed by atoms with van der Waals surface area (Å²) in [6.45, 7) is 3.84. The van der Waals surface area contributed by atoms with Crippen LogP contribution in [0.3, 0.4) is 0 Å². The van der Waals surface area contributed by atoms with E-state index in [1.54, 1.807) is 20.1 Å². The Morgan fingerprint density at radius 2 is 1.72 bits per heavy atom. The second-order valence-electron chi connectivity index (χ2n) is 7.44. The van der Waals surface area contributed by atoms with E-state index >= 15 is 0 Å². The predicted octanol–water partition coefficient (Wildman–Crippen LogP) is 3.89. The number of benzene rings is 2. The SMILES string of the molecule is COc1ccc(-c2cc3nn(Cc4nc(-c5ccccc5)oc4C)c(=O)n3c(C)n2)cc1. The second kappa shape index (κ2) is 7.81. The average molecular weight is 427 g/mol. The Balaban J connectivity index is 1.52. The van der Waals surface area contributed by atoms with Gasteiger partial charge < -0.3 is 9.15 Å². The number of oxazole rings is 1. The molecule has 0 saturated heterocycles. The Hall–Kier alpha value is -4.20.